The van der Waals surface area contributed by atoms with Crippen LogP contribution in [0.4, 0.5) is 0 Å². The van der Waals surface area contributed by atoms with Gasteiger partial charge in [-0.1, -0.05) is 0 Å². The largest absolute Gasteiger partial charge is 0.497 e. The maximum absolute atomic E-state index is 5.81. The van der Waals surface area contributed by atoms with E-state index < -0.39 is 0 Å². The van der Waals surface area contributed by atoms with Gasteiger partial charge in [0.15, 0.2) is 0 Å². The number of rotatable bonds is 11. The fraction of sp³-hybridized carbons (Fsp3) is 0.276. The third-order valence-corrected chi connectivity index (χ3v) is 5.38. The molecule has 0 atom stereocenters. The maximum atomic E-state index is 5.81. The molecule has 0 bridgehead atoms. The Morgan fingerprint density at radius 1 is 0.647 bits per heavy atom. The first-order valence-corrected chi connectivity index (χ1v) is 11.6. The molecule has 0 spiro atoms. The lowest BCUT2D eigenvalue weighted by Gasteiger charge is -2.09. The van der Waals surface area contributed by atoms with E-state index in [-0.39, 0.29) is 0 Å². The van der Waals surface area contributed by atoms with E-state index in [0.29, 0.717) is 13.2 Å². The number of methoxy groups -OCH3 is 2. The molecule has 34 heavy (non-hydrogen) atoms. The van der Waals surface area contributed by atoms with Gasteiger partial charge in [0.1, 0.15) is 29.5 Å². The molecule has 0 radical (unpaired) electrons. The second-order valence-electron chi connectivity index (χ2n) is 7.46. The highest BCUT2D eigenvalue weighted by Gasteiger charge is 2.12. The lowest BCUT2D eigenvalue weighted by atomic mass is 10.1. The first kappa shape index (κ1) is 24.9. The van der Waals surface area contributed by atoms with E-state index >= 15 is 0 Å². The van der Waals surface area contributed by atoms with E-state index in [1.165, 1.54) is 0 Å². The average molecular weight is 461 g/mol. The number of hydrogen-bond donors (Lipinski definition) is 0. The van der Waals surface area contributed by atoms with E-state index in [1.807, 2.05) is 50.2 Å². The lowest BCUT2D eigenvalue weighted by Crippen LogP contribution is -2.38. The summed E-state index contributed by atoms with van der Waals surface area (Å²) in [4.78, 5) is 0. The van der Waals surface area contributed by atoms with Gasteiger partial charge in [-0.05, 0) is 63.3 Å². The highest BCUT2D eigenvalue weighted by atomic mass is 16.5. The highest BCUT2D eigenvalue weighted by molar-refractivity contribution is 5.73. The van der Waals surface area contributed by atoms with Crippen molar-refractivity contribution in [1.29, 1.82) is 0 Å². The summed E-state index contributed by atoms with van der Waals surface area (Å²) in [5.74, 6) is 3.17. The van der Waals surface area contributed by atoms with Gasteiger partial charge in [0.2, 0.25) is 11.4 Å². The number of hydrogen-bond acceptors (Lipinski definition) is 4. The van der Waals surface area contributed by atoms with Gasteiger partial charge in [-0.2, -0.15) is 4.57 Å². The summed E-state index contributed by atoms with van der Waals surface area (Å²) < 4.78 is 24.6. The van der Waals surface area contributed by atoms with E-state index in [0.717, 1.165) is 52.1 Å². The maximum Gasteiger partial charge on any atom is 0.205 e. The first-order chi connectivity index (χ1) is 16.6. The van der Waals surface area contributed by atoms with Crippen molar-refractivity contribution >= 4 is 24.3 Å². The van der Waals surface area contributed by atoms with Crippen molar-refractivity contribution in [2.75, 3.05) is 27.4 Å². The smallest absolute Gasteiger partial charge is 0.205 e. The predicted octanol–water partition coefficient (Wildman–Crippen LogP) is 6.15. The van der Waals surface area contributed by atoms with Crippen LogP contribution in [0.1, 0.15) is 43.3 Å². The van der Waals surface area contributed by atoms with Gasteiger partial charge in [0.25, 0.3) is 0 Å². The average Bonchev–Trinajstić information content (AvgIpc) is 2.87. The molecule has 0 aliphatic carbocycles. The first-order valence-electron chi connectivity index (χ1n) is 11.6. The monoisotopic (exact) mass is 460 g/mol. The molecule has 3 aromatic rings. The van der Waals surface area contributed by atoms with Crippen molar-refractivity contribution < 1.29 is 23.5 Å². The number of pyridine rings is 1. The van der Waals surface area contributed by atoms with E-state index in [9.17, 15) is 0 Å². The zero-order valence-electron chi connectivity index (χ0n) is 20.7. The van der Waals surface area contributed by atoms with Gasteiger partial charge in [0, 0.05) is 47.5 Å². The molecular formula is C29H34NO4+. The standard InChI is InChI=1S/C29H34NO4/c1-6-30-24(16-12-22-14-18-26(31-4)20-28(22)33-7-2)10-9-11-25(30)17-13-23-15-19-27(32-5)21-29(23)34-8-3/h9-21H,6-8H2,1-5H3/q+1/b16-12+,17-13+. The Morgan fingerprint density at radius 3 is 1.50 bits per heavy atom. The molecule has 0 amide bonds. The number of nitrogens with zero attached hydrogens (tertiary/aromatic N) is 1. The van der Waals surface area contributed by atoms with Crippen LogP contribution in [0.25, 0.3) is 24.3 Å². The van der Waals surface area contributed by atoms with Gasteiger partial charge < -0.3 is 18.9 Å². The third-order valence-electron chi connectivity index (χ3n) is 5.38. The fourth-order valence-electron chi connectivity index (χ4n) is 3.70. The number of benzene rings is 2. The molecule has 5 heteroatoms. The third kappa shape index (κ3) is 6.19. The molecule has 0 unspecified atom stereocenters. The summed E-state index contributed by atoms with van der Waals surface area (Å²) in [5.41, 5.74) is 4.21. The van der Waals surface area contributed by atoms with Crippen LogP contribution >= 0.6 is 0 Å². The van der Waals surface area contributed by atoms with Crippen LogP contribution in [0, 0.1) is 0 Å². The van der Waals surface area contributed by atoms with Crippen LogP contribution in [-0.4, -0.2) is 27.4 Å². The Labute approximate surface area is 202 Å². The minimum Gasteiger partial charge on any atom is -0.497 e. The summed E-state index contributed by atoms with van der Waals surface area (Å²) in [7, 11) is 3.32. The van der Waals surface area contributed by atoms with Gasteiger partial charge in [-0.25, -0.2) is 0 Å². The topological polar surface area (TPSA) is 40.8 Å². The second-order valence-corrected chi connectivity index (χ2v) is 7.46. The minimum atomic E-state index is 0.596. The molecule has 0 fully saturated rings. The number of aromatic nitrogens is 1. The summed E-state index contributed by atoms with van der Waals surface area (Å²) >= 11 is 0. The van der Waals surface area contributed by atoms with E-state index in [1.54, 1.807) is 14.2 Å². The van der Waals surface area contributed by atoms with Crippen molar-refractivity contribution in [3.8, 4) is 23.0 Å². The molecule has 3 rings (SSSR count). The Bertz CT molecular complexity index is 1070. The van der Waals surface area contributed by atoms with Gasteiger partial charge in [-0.3, -0.25) is 0 Å². The van der Waals surface area contributed by atoms with Crippen LogP contribution in [0.2, 0.25) is 0 Å². The summed E-state index contributed by atoms with van der Waals surface area (Å²) in [5, 5.41) is 0. The van der Waals surface area contributed by atoms with Crippen LogP contribution in [0.3, 0.4) is 0 Å². The Morgan fingerprint density at radius 2 is 1.12 bits per heavy atom. The van der Waals surface area contributed by atoms with Gasteiger partial charge in [0.05, 0.1) is 27.4 Å². The van der Waals surface area contributed by atoms with Crippen molar-refractivity contribution in [2.45, 2.75) is 27.3 Å². The zero-order chi connectivity index (χ0) is 24.3. The van der Waals surface area contributed by atoms with Crippen molar-refractivity contribution in [3.63, 3.8) is 0 Å². The molecular weight excluding hydrogens is 426 g/mol. The van der Waals surface area contributed by atoms with Crippen LogP contribution < -0.4 is 23.5 Å². The Hall–Kier alpha value is -3.73. The Kier molecular flexibility index (Phi) is 9.15. The van der Waals surface area contributed by atoms with Crippen molar-refractivity contribution in [1.82, 2.24) is 0 Å². The van der Waals surface area contributed by atoms with Crippen LogP contribution in [-0.2, 0) is 6.54 Å². The Balaban J connectivity index is 1.92. The fourth-order valence-corrected chi connectivity index (χ4v) is 3.70. The second kappa shape index (κ2) is 12.5. The molecule has 0 aliphatic heterocycles. The number of ether oxygens (including phenoxy) is 4. The normalized spacial score (nSPS) is 11.2. The van der Waals surface area contributed by atoms with E-state index in [2.05, 4.69) is 54.0 Å². The minimum absolute atomic E-state index is 0.596. The molecule has 178 valence electrons. The molecule has 2 aromatic carbocycles. The van der Waals surface area contributed by atoms with Crippen LogP contribution in [0.5, 0.6) is 23.0 Å². The molecule has 1 aromatic heterocycles. The van der Waals surface area contributed by atoms with Crippen LogP contribution in [0.15, 0.2) is 54.6 Å². The molecule has 0 N–H and O–H groups in total. The van der Waals surface area contributed by atoms with Crippen molar-refractivity contribution in [3.05, 3.63) is 77.1 Å². The van der Waals surface area contributed by atoms with Crippen molar-refractivity contribution in [2.24, 2.45) is 0 Å². The quantitative estimate of drug-likeness (QED) is 0.322. The van der Waals surface area contributed by atoms with E-state index in [4.69, 9.17) is 18.9 Å². The highest BCUT2D eigenvalue weighted by Crippen LogP contribution is 2.28. The molecule has 0 aliphatic rings. The summed E-state index contributed by atoms with van der Waals surface area (Å²) in [6, 6.07) is 18.0. The summed E-state index contributed by atoms with van der Waals surface area (Å²) in [6.45, 7) is 8.13. The SMILES string of the molecule is CCOc1cc(OC)ccc1/C=C/c1cccc(/C=C/c2ccc(OC)cc2OCC)[n+]1CC. The van der Waals surface area contributed by atoms with Gasteiger partial charge >= 0.3 is 0 Å². The lowest BCUT2D eigenvalue weighted by molar-refractivity contribution is -0.696. The molecule has 1 heterocycles. The molecule has 0 saturated heterocycles. The zero-order valence-corrected chi connectivity index (χ0v) is 20.7. The molecule has 5 nitrogen and oxygen atoms in total. The predicted molar refractivity (Wildman–Crippen MR) is 138 cm³/mol. The summed E-state index contributed by atoms with van der Waals surface area (Å²) in [6.07, 6.45) is 8.39. The molecule has 0 saturated carbocycles. The van der Waals surface area contributed by atoms with Gasteiger partial charge in [-0.15, -0.1) is 0 Å².